The number of fused-ring (bicyclic) bond motifs is 1. The Hall–Kier alpha value is -1.88. The summed E-state index contributed by atoms with van der Waals surface area (Å²) < 4.78 is 0. The first-order chi connectivity index (χ1) is 7.33. The van der Waals surface area contributed by atoms with Crippen LogP contribution in [0, 0.1) is 6.33 Å². The van der Waals surface area contributed by atoms with Crippen LogP contribution in [0.2, 0.25) is 5.02 Å². The largest absolute Gasteiger partial charge is 0.317 e. The van der Waals surface area contributed by atoms with E-state index in [4.69, 9.17) is 11.6 Å². The molecule has 0 bridgehead atoms. The molecule has 0 spiro atoms. The molecule has 3 rings (SSSR count). The fourth-order valence-corrected chi connectivity index (χ4v) is 1.49. The molecule has 0 fully saturated rings. The summed E-state index contributed by atoms with van der Waals surface area (Å²) in [4.78, 5) is 8.12. The molecule has 1 aromatic carbocycles. The Bertz CT molecular complexity index is 583. The fourth-order valence-electron chi connectivity index (χ4n) is 1.30. The minimum atomic E-state index is 0.537. The second-order valence-corrected chi connectivity index (χ2v) is 3.43. The summed E-state index contributed by atoms with van der Waals surface area (Å²) in [6, 6.07) is 7.29. The summed E-state index contributed by atoms with van der Waals surface area (Å²) in [7, 11) is 0. The molecule has 0 saturated carbocycles. The lowest BCUT2D eigenvalue weighted by Crippen LogP contribution is -1.98. The highest BCUT2D eigenvalue weighted by Gasteiger charge is 2.06. The number of halogens is 1. The second kappa shape index (κ2) is 3.06. The normalized spacial score (nSPS) is 11.0. The first-order valence-electron chi connectivity index (χ1n) is 4.28. The Labute approximate surface area is 89.7 Å². The lowest BCUT2D eigenvalue weighted by molar-refractivity contribution is 0.758. The van der Waals surface area contributed by atoms with E-state index in [2.05, 4.69) is 26.5 Å². The molecule has 0 aliphatic rings. The number of nitrogens with one attached hydrogen (secondary N) is 1. The van der Waals surface area contributed by atoms with Gasteiger partial charge in [0.1, 0.15) is 0 Å². The standard InChI is InChI=1S/C9H5ClN5/c10-6-2-1-3-7(4-6)15-13-8-9(14-15)12-5-11-8/h1-4H,(H,11,12,13,14). The zero-order chi connectivity index (χ0) is 10.3. The van der Waals surface area contributed by atoms with Gasteiger partial charge in [0.25, 0.3) is 0 Å². The van der Waals surface area contributed by atoms with Crippen molar-refractivity contribution in [3.8, 4) is 5.69 Å². The van der Waals surface area contributed by atoms with Crippen LogP contribution in [0.4, 0.5) is 0 Å². The molecule has 73 valence electrons. The van der Waals surface area contributed by atoms with Gasteiger partial charge in [-0.25, -0.2) is 4.98 Å². The molecule has 0 aliphatic heterocycles. The van der Waals surface area contributed by atoms with Crippen molar-refractivity contribution < 1.29 is 0 Å². The first-order valence-corrected chi connectivity index (χ1v) is 4.66. The van der Waals surface area contributed by atoms with Crippen molar-refractivity contribution in [1.82, 2.24) is 25.0 Å². The summed E-state index contributed by atoms with van der Waals surface area (Å²) >= 11 is 5.87. The van der Waals surface area contributed by atoms with E-state index in [1.165, 1.54) is 4.80 Å². The molecule has 3 aromatic rings. The minimum Gasteiger partial charge on any atom is -0.317 e. The SMILES string of the molecule is Clc1cccc(-n2nc3n[c][nH]c3n2)c1. The summed E-state index contributed by atoms with van der Waals surface area (Å²) in [6.07, 6.45) is 2.57. The number of benzene rings is 1. The molecule has 2 aromatic heterocycles. The monoisotopic (exact) mass is 218 g/mol. The highest BCUT2D eigenvalue weighted by molar-refractivity contribution is 6.30. The van der Waals surface area contributed by atoms with Crippen LogP contribution in [0.3, 0.4) is 0 Å². The summed E-state index contributed by atoms with van der Waals surface area (Å²) in [5.74, 6) is 0. The predicted molar refractivity (Wildman–Crippen MR) is 54.9 cm³/mol. The van der Waals surface area contributed by atoms with Gasteiger partial charge < -0.3 is 4.98 Å². The van der Waals surface area contributed by atoms with E-state index in [-0.39, 0.29) is 0 Å². The third-order valence-corrected chi connectivity index (χ3v) is 2.21. The maximum Gasteiger partial charge on any atom is 0.221 e. The molecule has 0 aliphatic carbocycles. The van der Waals surface area contributed by atoms with Crippen molar-refractivity contribution >= 4 is 22.9 Å². The molecule has 0 atom stereocenters. The van der Waals surface area contributed by atoms with E-state index in [0.29, 0.717) is 16.3 Å². The van der Waals surface area contributed by atoms with Crippen LogP contribution in [0.1, 0.15) is 0 Å². The van der Waals surface area contributed by atoms with E-state index in [1.54, 1.807) is 12.1 Å². The molecule has 6 heteroatoms. The van der Waals surface area contributed by atoms with Gasteiger partial charge in [0.05, 0.1) is 5.69 Å². The second-order valence-electron chi connectivity index (χ2n) is 2.99. The van der Waals surface area contributed by atoms with E-state index in [9.17, 15) is 0 Å². The molecule has 1 N–H and O–H groups in total. The maximum absolute atomic E-state index is 5.87. The Kier molecular flexibility index (Phi) is 1.72. The number of nitrogens with zero attached hydrogens (tertiary/aromatic N) is 4. The third-order valence-electron chi connectivity index (χ3n) is 1.97. The maximum atomic E-state index is 5.87. The highest BCUT2D eigenvalue weighted by Crippen LogP contribution is 2.14. The topological polar surface area (TPSA) is 59.4 Å². The fraction of sp³-hybridized carbons (Fsp3) is 0. The lowest BCUT2D eigenvalue weighted by atomic mass is 10.3. The highest BCUT2D eigenvalue weighted by atomic mass is 35.5. The predicted octanol–water partition coefficient (Wildman–Crippen LogP) is 1.60. The van der Waals surface area contributed by atoms with E-state index in [1.807, 2.05) is 12.1 Å². The van der Waals surface area contributed by atoms with Gasteiger partial charge in [0.2, 0.25) is 11.3 Å². The minimum absolute atomic E-state index is 0.537. The van der Waals surface area contributed by atoms with Crippen LogP contribution >= 0.6 is 11.6 Å². The van der Waals surface area contributed by atoms with Gasteiger partial charge in [-0.2, -0.15) is 0 Å². The number of hydrogen-bond acceptors (Lipinski definition) is 3. The van der Waals surface area contributed by atoms with Crippen molar-refractivity contribution in [2.75, 3.05) is 0 Å². The Morgan fingerprint density at radius 3 is 3.07 bits per heavy atom. The number of hydrogen-bond donors (Lipinski definition) is 1. The van der Waals surface area contributed by atoms with Gasteiger partial charge in [-0.05, 0) is 18.2 Å². The van der Waals surface area contributed by atoms with Crippen LogP contribution in [0.15, 0.2) is 24.3 Å². The number of rotatable bonds is 1. The van der Waals surface area contributed by atoms with Crippen LogP contribution < -0.4 is 0 Å². The van der Waals surface area contributed by atoms with E-state index in [0.717, 1.165) is 5.69 Å². The number of H-pyrrole nitrogens is 1. The van der Waals surface area contributed by atoms with Crippen LogP contribution in [0.5, 0.6) is 0 Å². The number of aromatic amines is 1. The van der Waals surface area contributed by atoms with E-state index >= 15 is 0 Å². The molecule has 0 saturated heterocycles. The molecule has 5 nitrogen and oxygen atoms in total. The van der Waals surface area contributed by atoms with Gasteiger partial charge in [-0.1, -0.05) is 17.7 Å². The van der Waals surface area contributed by atoms with Crippen molar-refractivity contribution in [1.29, 1.82) is 0 Å². The zero-order valence-corrected chi connectivity index (χ0v) is 8.23. The Morgan fingerprint density at radius 1 is 1.33 bits per heavy atom. The first kappa shape index (κ1) is 8.43. The van der Waals surface area contributed by atoms with Gasteiger partial charge in [0, 0.05) is 5.02 Å². The molecule has 0 unspecified atom stereocenters. The molecular weight excluding hydrogens is 214 g/mol. The van der Waals surface area contributed by atoms with Crippen molar-refractivity contribution in [3.05, 3.63) is 35.6 Å². The number of imidazole rings is 1. The van der Waals surface area contributed by atoms with Crippen LogP contribution in [0.25, 0.3) is 17.0 Å². The number of aromatic nitrogens is 5. The van der Waals surface area contributed by atoms with Gasteiger partial charge in [-0.3, -0.25) is 0 Å². The van der Waals surface area contributed by atoms with Crippen molar-refractivity contribution in [3.63, 3.8) is 0 Å². The van der Waals surface area contributed by atoms with Crippen LogP contribution in [-0.4, -0.2) is 25.0 Å². The van der Waals surface area contributed by atoms with Crippen molar-refractivity contribution in [2.24, 2.45) is 0 Å². The van der Waals surface area contributed by atoms with Gasteiger partial charge >= 0.3 is 0 Å². The van der Waals surface area contributed by atoms with Crippen LogP contribution in [-0.2, 0) is 0 Å². The Morgan fingerprint density at radius 2 is 2.27 bits per heavy atom. The summed E-state index contributed by atoms with van der Waals surface area (Å²) in [5, 5.41) is 8.99. The lowest BCUT2D eigenvalue weighted by Gasteiger charge is -1.98. The average molecular weight is 219 g/mol. The smallest absolute Gasteiger partial charge is 0.221 e. The average Bonchev–Trinajstić information content (AvgIpc) is 2.76. The summed E-state index contributed by atoms with van der Waals surface area (Å²) in [5.41, 5.74) is 1.94. The zero-order valence-electron chi connectivity index (χ0n) is 7.48. The quantitative estimate of drug-likeness (QED) is 0.675. The molecular formula is C9H5ClN5. The molecule has 1 radical (unpaired) electrons. The molecule has 2 heterocycles. The summed E-state index contributed by atoms with van der Waals surface area (Å²) in [6.45, 7) is 0. The van der Waals surface area contributed by atoms with Gasteiger partial charge in [-0.15, -0.1) is 15.0 Å². The van der Waals surface area contributed by atoms with E-state index < -0.39 is 0 Å². The molecule has 15 heavy (non-hydrogen) atoms. The van der Waals surface area contributed by atoms with Gasteiger partial charge in [0.15, 0.2) is 6.33 Å². The van der Waals surface area contributed by atoms with Crippen molar-refractivity contribution in [2.45, 2.75) is 0 Å². The molecule has 0 amide bonds. The Balaban J connectivity index is 2.17. The third kappa shape index (κ3) is 1.37.